The summed E-state index contributed by atoms with van der Waals surface area (Å²) >= 11 is 0. The van der Waals surface area contributed by atoms with Crippen LogP contribution in [0.1, 0.15) is 42.4 Å². The molecule has 10 heteroatoms. The van der Waals surface area contributed by atoms with Gasteiger partial charge in [0.05, 0.1) is 9.82 Å². The van der Waals surface area contributed by atoms with E-state index < -0.39 is 38.0 Å². The van der Waals surface area contributed by atoms with Crippen LogP contribution < -0.4 is 5.32 Å². The molecule has 176 valence electrons. The normalized spacial score (nSPS) is 15.1. The Morgan fingerprint density at radius 3 is 2.30 bits per heavy atom. The highest BCUT2D eigenvalue weighted by molar-refractivity contribution is 7.93. The summed E-state index contributed by atoms with van der Waals surface area (Å²) in [6.45, 7) is 4.36. The number of ether oxygens (including phenoxy) is 1. The summed E-state index contributed by atoms with van der Waals surface area (Å²) in [5.41, 5.74) is 1.60. The maximum Gasteiger partial charge on any atom is 0.328 e. The Labute approximate surface area is 192 Å². The van der Waals surface area contributed by atoms with Crippen molar-refractivity contribution in [2.45, 2.75) is 56.1 Å². The molecule has 1 N–H and O–H groups in total. The van der Waals surface area contributed by atoms with Gasteiger partial charge in [-0.2, -0.15) is 0 Å². The molecule has 0 radical (unpaired) electrons. The molecule has 0 atom stereocenters. The number of amides is 1. The predicted octanol–water partition coefficient (Wildman–Crippen LogP) is 3.79. The minimum Gasteiger partial charge on any atom is -0.454 e. The summed E-state index contributed by atoms with van der Waals surface area (Å²) in [6, 6.07) is 9.32. The molecule has 0 heterocycles. The van der Waals surface area contributed by atoms with Crippen LogP contribution in [-0.2, 0) is 24.2 Å². The number of carbonyl (C=O) groups excluding carboxylic acids is 2. The number of hydrogen-bond donors (Lipinski definition) is 1. The van der Waals surface area contributed by atoms with Gasteiger partial charge in [0.2, 0.25) is 0 Å². The number of rotatable bonds is 7. The molecule has 0 bridgehead atoms. The van der Waals surface area contributed by atoms with Gasteiger partial charge in [0, 0.05) is 6.07 Å². The summed E-state index contributed by atoms with van der Waals surface area (Å²) in [5, 5.41) is 13.6. The quantitative estimate of drug-likeness (QED) is 0.367. The van der Waals surface area contributed by atoms with Crippen molar-refractivity contribution in [3.8, 4) is 0 Å². The topological polar surface area (TPSA) is 133 Å². The van der Waals surface area contributed by atoms with Crippen molar-refractivity contribution in [1.82, 2.24) is 0 Å². The van der Waals surface area contributed by atoms with Gasteiger partial charge < -0.3 is 10.1 Å². The van der Waals surface area contributed by atoms with Crippen LogP contribution in [0.25, 0.3) is 0 Å². The van der Waals surface area contributed by atoms with Crippen molar-refractivity contribution in [3.05, 3.63) is 63.2 Å². The van der Waals surface area contributed by atoms with Crippen LogP contribution in [0.2, 0.25) is 0 Å². The van der Waals surface area contributed by atoms with Crippen LogP contribution in [0.4, 0.5) is 11.4 Å². The zero-order chi connectivity index (χ0) is 24.4. The van der Waals surface area contributed by atoms with Crippen LogP contribution in [0, 0.1) is 30.9 Å². The second-order valence-electron chi connectivity index (χ2n) is 8.38. The molecule has 1 saturated carbocycles. The summed E-state index contributed by atoms with van der Waals surface area (Å²) < 4.78 is 30.6. The first-order valence-corrected chi connectivity index (χ1v) is 12.0. The van der Waals surface area contributed by atoms with Crippen molar-refractivity contribution in [2.75, 3.05) is 11.9 Å². The molecule has 9 nitrogen and oxygen atoms in total. The average molecular weight is 475 g/mol. The fraction of sp³-hybridized carbons (Fsp3) is 0.391. The lowest BCUT2D eigenvalue weighted by Gasteiger charge is -2.27. The Morgan fingerprint density at radius 1 is 1.06 bits per heavy atom. The lowest BCUT2D eigenvalue weighted by Crippen LogP contribution is -2.46. The number of hydrogen-bond acceptors (Lipinski definition) is 7. The highest BCUT2D eigenvalue weighted by Crippen LogP contribution is 2.42. The van der Waals surface area contributed by atoms with Crippen molar-refractivity contribution < 1.29 is 27.7 Å². The molecule has 2 aromatic rings. The van der Waals surface area contributed by atoms with E-state index in [1.54, 1.807) is 45.0 Å². The van der Waals surface area contributed by atoms with Crippen LogP contribution >= 0.6 is 0 Å². The third-order valence-corrected chi connectivity index (χ3v) is 8.51. The molecule has 1 fully saturated rings. The summed E-state index contributed by atoms with van der Waals surface area (Å²) in [6.07, 6.45) is 1.29. The first kappa shape index (κ1) is 24.4. The van der Waals surface area contributed by atoms with Gasteiger partial charge in [-0.1, -0.05) is 31.0 Å². The largest absolute Gasteiger partial charge is 0.454 e. The Balaban J connectivity index is 1.80. The number of carbonyl (C=O) groups is 2. The van der Waals surface area contributed by atoms with Crippen LogP contribution in [-0.4, -0.2) is 36.6 Å². The van der Waals surface area contributed by atoms with E-state index in [9.17, 15) is 28.1 Å². The van der Waals surface area contributed by atoms with E-state index in [0.29, 0.717) is 24.0 Å². The molecule has 0 unspecified atom stereocenters. The zero-order valence-electron chi connectivity index (χ0n) is 18.7. The monoisotopic (exact) mass is 474 g/mol. The maximum absolute atomic E-state index is 13.6. The smallest absolute Gasteiger partial charge is 0.328 e. The minimum absolute atomic E-state index is 0.0368. The van der Waals surface area contributed by atoms with Crippen molar-refractivity contribution in [2.24, 2.45) is 0 Å². The Morgan fingerprint density at radius 2 is 1.67 bits per heavy atom. The van der Waals surface area contributed by atoms with Crippen LogP contribution in [0.15, 0.2) is 41.3 Å². The molecule has 2 aromatic carbocycles. The highest BCUT2D eigenvalue weighted by atomic mass is 32.2. The predicted molar refractivity (Wildman–Crippen MR) is 122 cm³/mol. The second-order valence-corrected chi connectivity index (χ2v) is 10.6. The lowest BCUT2D eigenvalue weighted by atomic mass is 10.1. The molecule has 33 heavy (non-hydrogen) atoms. The van der Waals surface area contributed by atoms with E-state index in [2.05, 4.69) is 5.32 Å². The lowest BCUT2D eigenvalue weighted by molar-refractivity contribution is -0.384. The standard InChI is InChI=1S/C23H26N2O7S/c1-15-7-9-18(19(12-15)25(28)29)24-21(26)14-32-22(27)23(10-4-5-11-23)33(30,31)20-13-16(2)6-8-17(20)3/h6-9,12-13H,4-5,10-11,14H2,1-3H3,(H,24,26). The van der Waals surface area contributed by atoms with Gasteiger partial charge in [-0.3, -0.25) is 19.7 Å². The van der Waals surface area contributed by atoms with Crippen molar-refractivity contribution in [3.63, 3.8) is 0 Å². The first-order chi connectivity index (χ1) is 15.5. The zero-order valence-corrected chi connectivity index (χ0v) is 19.5. The number of nitrogens with one attached hydrogen (secondary N) is 1. The second kappa shape index (κ2) is 9.30. The number of aryl methyl sites for hydroxylation is 3. The molecular weight excluding hydrogens is 448 g/mol. The first-order valence-electron chi connectivity index (χ1n) is 10.5. The summed E-state index contributed by atoms with van der Waals surface area (Å²) in [7, 11) is -4.08. The van der Waals surface area contributed by atoms with Gasteiger partial charge in [0.15, 0.2) is 21.2 Å². The van der Waals surface area contributed by atoms with E-state index in [1.165, 1.54) is 12.1 Å². The van der Waals surface area contributed by atoms with Gasteiger partial charge in [-0.05, 0) is 62.4 Å². The molecule has 0 saturated heterocycles. The minimum atomic E-state index is -4.08. The van der Waals surface area contributed by atoms with Gasteiger partial charge in [0.1, 0.15) is 5.69 Å². The number of nitro groups is 1. The third kappa shape index (κ3) is 4.75. The average Bonchev–Trinajstić information content (AvgIpc) is 3.26. The summed E-state index contributed by atoms with van der Waals surface area (Å²) in [4.78, 5) is 36.1. The van der Waals surface area contributed by atoms with Crippen molar-refractivity contribution in [1.29, 1.82) is 0 Å². The van der Waals surface area contributed by atoms with E-state index in [0.717, 1.165) is 5.56 Å². The fourth-order valence-electron chi connectivity index (χ4n) is 4.08. The summed E-state index contributed by atoms with van der Waals surface area (Å²) in [5.74, 6) is -1.78. The van der Waals surface area contributed by atoms with E-state index in [1.807, 2.05) is 0 Å². The maximum atomic E-state index is 13.6. The number of sulfone groups is 1. The fourth-order valence-corrected chi connectivity index (χ4v) is 6.44. The SMILES string of the molecule is Cc1ccc(NC(=O)COC(=O)C2(S(=O)(=O)c3cc(C)ccc3C)CCCC2)c([N+](=O)[O-])c1. The molecule has 0 aromatic heterocycles. The molecule has 1 amide bonds. The van der Waals surface area contributed by atoms with Crippen LogP contribution in [0.5, 0.6) is 0 Å². The molecular formula is C23H26N2O7S. The Hall–Kier alpha value is -3.27. The molecule has 0 aliphatic heterocycles. The Kier molecular flexibility index (Phi) is 6.87. The molecule has 0 spiro atoms. The molecule has 3 rings (SSSR count). The van der Waals surface area contributed by atoms with Gasteiger partial charge in [-0.25, -0.2) is 8.42 Å². The third-order valence-electron chi connectivity index (χ3n) is 5.89. The number of nitrogens with zero attached hydrogens (tertiary/aromatic N) is 1. The Bertz CT molecular complexity index is 1220. The van der Waals surface area contributed by atoms with Gasteiger partial charge >= 0.3 is 5.97 Å². The number of benzene rings is 2. The van der Waals surface area contributed by atoms with E-state index >= 15 is 0 Å². The number of nitro benzene ring substituents is 1. The van der Waals surface area contributed by atoms with Crippen molar-refractivity contribution >= 4 is 33.1 Å². The molecule has 1 aliphatic carbocycles. The molecule has 1 aliphatic rings. The van der Waals surface area contributed by atoms with E-state index in [-0.39, 0.29) is 29.1 Å². The number of esters is 1. The van der Waals surface area contributed by atoms with Gasteiger partial charge in [-0.15, -0.1) is 0 Å². The van der Waals surface area contributed by atoms with E-state index in [4.69, 9.17) is 4.74 Å². The van der Waals surface area contributed by atoms with Gasteiger partial charge in [0.25, 0.3) is 11.6 Å². The van der Waals surface area contributed by atoms with Crippen LogP contribution in [0.3, 0.4) is 0 Å². The highest BCUT2D eigenvalue weighted by Gasteiger charge is 2.54. The number of anilines is 1.